The van der Waals surface area contributed by atoms with Gasteiger partial charge in [-0.05, 0) is 49.8 Å². The lowest BCUT2D eigenvalue weighted by atomic mass is 10.2. The highest BCUT2D eigenvalue weighted by atomic mass is 35.5. The quantitative estimate of drug-likeness (QED) is 0.0539. The molecule has 0 aromatic heterocycles. The molecule has 0 radical (unpaired) electrons. The van der Waals surface area contributed by atoms with Crippen LogP contribution in [0.25, 0.3) is 0 Å². The minimum atomic E-state index is -3.12. The summed E-state index contributed by atoms with van der Waals surface area (Å²) in [5.41, 5.74) is 1.24. The van der Waals surface area contributed by atoms with Crippen LogP contribution in [-0.4, -0.2) is 38.5 Å². The zero-order valence-corrected chi connectivity index (χ0v) is 29.7. The number of carbonyl (C=O) groups is 1. The number of benzene rings is 4. The molecule has 0 saturated carbocycles. The van der Waals surface area contributed by atoms with E-state index in [1.54, 1.807) is 24.3 Å². The Balaban J connectivity index is 1.45. The molecule has 0 spiro atoms. The lowest BCUT2D eigenvalue weighted by Crippen LogP contribution is -2.68. The standard InChI is InChI=1S/C35H36Cl2FO7PSi/c1-35(2,3)47(29-10-6-4-7-11-29,30-12-8-5-9-13-30)45-28(20-34(39)40)23-46(41)44-24-42-22-31-32(37)18-26(36)19-33(31)43-21-25-14-16-27(38)17-15-25/h4-19,28H,20-24H2,1-3H3/p+1/t28-/m0/s1. The lowest BCUT2D eigenvalue weighted by molar-refractivity contribution is -0.138. The van der Waals surface area contributed by atoms with E-state index in [4.69, 9.17) is 41.6 Å². The average Bonchev–Trinajstić information content (AvgIpc) is 3.02. The summed E-state index contributed by atoms with van der Waals surface area (Å²) in [5.74, 6) is -1.05. The first kappa shape index (κ1) is 36.7. The van der Waals surface area contributed by atoms with Gasteiger partial charge in [-0.2, -0.15) is 0 Å². The molecule has 7 nitrogen and oxygen atoms in total. The molecule has 0 heterocycles. The molecule has 0 bridgehead atoms. The Morgan fingerprint density at radius 2 is 1.51 bits per heavy atom. The van der Waals surface area contributed by atoms with E-state index >= 15 is 0 Å². The van der Waals surface area contributed by atoms with Gasteiger partial charge in [-0.25, -0.2) is 4.39 Å². The third kappa shape index (κ3) is 9.94. The number of hydrogen-bond donors (Lipinski definition) is 1. The topological polar surface area (TPSA) is 91.3 Å². The molecule has 4 aromatic carbocycles. The molecule has 2 atom stereocenters. The lowest BCUT2D eigenvalue weighted by Gasteiger charge is -2.44. The van der Waals surface area contributed by atoms with Crippen LogP contribution >= 0.6 is 31.2 Å². The van der Waals surface area contributed by atoms with Crippen LogP contribution in [0, 0.1) is 5.82 Å². The monoisotopic (exact) mass is 717 g/mol. The third-order valence-electron chi connectivity index (χ3n) is 7.47. The van der Waals surface area contributed by atoms with Crippen LogP contribution in [-0.2, 0) is 36.3 Å². The van der Waals surface area contributed by atoms with E-state index < -0.39 is 33.5 Å². The molecule has 0 amide bonds. The van der Waals surface area contributed by atoms with Gasteiger partial charge >= 0.3 is 14.0 Å². The van der Waals surface area contributed by atoms with Crippen molar-refractivity contribution in [2.45, 2.75) is 51.5 Å². The second-order valence-corrected chi connectivity index (χ2v) is 18.3. The van der Waals surface area contributed by atoms with Crippen molar-refractivity contribution < 1.29 is 37.3 Å². The molecule has 0 aliphatic carbocycles. The molecule has 0 saturated heterocycles. The molecule has 4 aromatic rings. The highest BCUT2D eigenvalue weighted by molar-refractivity contribution is 7.39. The van der Waals surface area contributed by atoms with Crippen LogP contribution in [0.2, 0.25) is 15.1 Å². The zero-order valence-electron chi connectivity index (χ0n) is 26.3. The maximum absolute atomic E-state index is 13.3. The van der Waals surface area contributed by atoms with Gasteiger partial charge in [0.25, 0.3) is 8.32 Å². The van der Waals surface area contributed by atoms with Crippen molar-refractivity contribution >= 4 is 55.9 Å². The molecular formula is C35H37Cl2FO7PSi+. The normalized spacial score (nSPS) is 12.9. The highest BCUT2D eigenvalue weighted by Crippen LogP contribution is 2.39. The van der Waals surface area contributed by atoms with Crippen LogP contribution in [0.3, 0.4) is 0 Å². The SMILES string of the molecule is CC(C)(C)[Si](O[C@@H](CC(=O)O)C[P+](=O)OCOCc1c(Cl)cc(Cl)cc1OCc1ccc(F)cc1)(c1ccccc1)c1ccccc1. The Kier molecular flexibility index (Phi) is 13.1. The fourth-order valence-corrected chi connectivity index (χ4v) is 11.5. The Morgan fingerprint density at radius 1 is 0.915 bits per heavy atom. The van der Waals surface area contributed by atoms with E-state index in [9.17, 15) is 18.9 Å². The maximum atomic E-state index is 13.3. The first-order chi connectivity index (χ1) is 22.4. The first-order valence-electron chi connectivity index (χ1n) is 14.9. The van der Waals surface area contributed by atoms with Crippen LogP contribution < -0.4 is 15.1 Å². The van der Waals surface area contributed by atoms with Gasteiger partial charge < -0.3 is 19.0 Å². The van der Waals surface area contributed by atoms with Gasteiger partial charge in [0.05, 0.1) is 18.1 Å². The minimum Gasteiger partial charge on any atom is -0.488 e. The Hall–Kier alpha value is -3.14. The summed E-state index contributed by atoms with van der Waals surface area (Å²) < 4.78 is 50.5. The van der Waals surface area contributed by atoms with Crippen molar-refractivity contribution in [1.29, 1.82) is 0 Å². The van der Waals surface area contributed by atoms with Gasteiger partial charge in [0.15, 0.2) is 0 Å². The molecule has 0 aliphatic heterocycles. The minimum absolute atomic E-state index is 0.0466. The van der Waals surface area contributed by atoms with Gasteiger partial charge in [0.1, 0.15) is 24.3 Å². The van der Waals surface area contributed by atoms with Crippen molar-refractivity contribution in [3.8, 4) is 5.75 Å². The van der Waals surface area contributed by atoms with E-state index in [0.717, 1.165) is 15.9 Å². The molecule has 0 aliphatic rings. The molecule has 0 fully saturated rings. The van der Waals surface area contributed by atoms with Gasteiger partial charge in [-0.3, -0.25) is 4.79 Å². The van der Waals surface area contributed by atoms with Crippen molar-refractivity contribution in [3.63, 3.8) is 0 Å². The highest BCUT2D eigenvalue weighted by Gasteiger charge is 2.52. The summed E-state index contributed by atoms with van der Waals surface area (Å²) in [7, 11) is -5.49. The van der Waals surface area contributed by atoms with Crippen molar-refractivity contribution in [2.75, 3.05) is 13.0 Å². The zero-order chi connectivity index (χ0) is 34.0. The molecule has 47 heavy (non-hydrogen) atoms. The van der Waals surface area contributed by atoms with Crippen LogP contribution in [0.5, 0.6) is 5.75 Å². The van der Waals surface area contributed by atoms with E-state index in [-0.39, 0.29) is 38.4 Å². The maximum Gasteiger partial charge on any atom is 0.513 e. The summed E-state index contributed by atoms with van der Waals surface area (Å²) in [6.07, 6.45) is -1.41. The summed E-state index contributed by atoms with van der Waals surface area (Å²) in [6.45, 7) is 5.99. The largest absolute Gasteiger partial charge is 0.513 e. The fraction of sp³-hybridized carbons (Fsp3) is 0.286. The van der Waals surface area contributed by atoms with Crippen LogP contribution in [0.15, 0.2) is 97.1 Å². The second-order valence-electron chi connectivity index (χ2n) is 11.9. The van der Waals surface area contributed by atoms with E-state index in [1.165, 1.54) is 12.1 Å². The number of ether oxygens (including phenoxy) is 2. The van der Waals surface area contributed by atoms with Crippen molar-refractivity contribution in [1.82, 2.24) is 0 Å². The predicted octanol–water partition coefficient (Wildman–Crippen LogP) is 8.36. The predicted molar refractivity (Wildman–Crippen MR) is 185 cm³/mol. The molecule has 248 valence electrons. The fourth-order valence-electron chi connectivity index (χ4n) is 5.33. The summed E-state index contributed by atoms with van der Waals surface area (Å²) in [5, 5.41) is 12.0. The van der Waals surface area contributed by atoms with Crippen LogP contribution in [0.4, 0.5) is 4.39 Å². The van der Waals surface area contributed by atoms with Gasteiger partial charge in [0, 0.05) is 10.6 Å². The number of rotatable bonds is 16. The van der Waals surface area contributed by atoms with E-state index in [0.29, 0.717) is 21.4 Å². The summed E-state index contributed by atoms with van der Waals surface area (Å²) >= 11 is 12.6. The van der Waals surface area contributed by atoms with Crippen LogP contribution in [0.1, 0.15) is 38.3 Å². The van der Waals surface area contributed by atoms with E-state index in [1.807, 2.05) is 60.7 Å². The molecule has 12 heteroatoms. The van der Waals surface area contributed by atoms with Gasteiger partial charge in [0.2, 0.25) is 13.0 Å². The summed E-state index contributed by atoms with van der Waals surface area (Å²) in [6, 6.07) is 28.7. The number of aliphatic carboxylic acids is 1. The third-order valence-corrected chi connectivity index (χ3v) is 14.2. The van der Waals surface area contributed by atoms with Crippen molar-refractivity contribution in [3.05, 3.63) is 124 Å². The Labute approximate surface area is 286 Å². The van der Waals surface area contributed by atoms with Crippen molar-refractivity contribution in [2.24, 2.45) is 0 Å². The second kappa shape index (κ2) is 16.8. The van der Waals surface area contributed by atoms with Gasteiger partial charge in [-0.1, -0.05) is 117 Å². The number of carboxylic acids is 1. The smallest absolute Gasteiger partial charge is 0.488 e. The first-order valence-corrected chi connectivity index (χ1v) is 18.9. The van der Waals surface area contributed by atoms with Gasteiger partial charge in [-0.15, -0.1) is 4.52 Å². The summed E-state index contributed by atoms with van der Waals surface area (Å²) in [4.78, 5) is 12.0. The number of carboxylic acid groups (broad SMARTS) is 1. The van der Waals surface area contributed by atoms with E-state index in [2.05, 4.69) is 20.8 Å². The molecule has 1 unspecified atom stereocenters. The molecule has 4 rings (SSSR count). The molecular weight excluding hydrogens is 681 g/mol. The Bertz CT molecular complexity index is 1600. The molecule has 1 N–H and O–H groups in total. The Morgan fingerprint density at radius 3 is 2.06 bits per heavy atom. The average molecular weight is 719 g/mol. The number of halogens is 3. The number of hydrogen-bond acceptors (Lipinski definition) is 6.